The first-order valence-corrected chi connectivity index (χ1v) is 35.4. The minimum atomic E-state index is -4.70. The van der Waals surface area contributed by atoms with E-state index in [1.165, 1.54) is 212 Å². The van der Waals surface area contributed by atoms with Gasteiger partial charge >= 0.3 is 5.97 Å². The molecule has 0 aliphatic carbocycles. The van der Waals surface area contributed by atoms with Gasteiger partial charge in [-0.05, 0) is 83.1 Å². The van der Waals surface area contributed by atoms with E-state index in [-0.39, 0.29) is 31.5 Å². The molecule has 0 aromatic carbocycles. The highest BCUT2D eigenvalue weighted by atomic mass is 31.2. The van der Waals surface area contributed by atoms with Gasteiger partial charge in [-0.2, -0.15) is 0 Å². The zero-order valence-electron chi connectivity index (χ0n) is 53.1. The predicted octanol–water partition coefficient (Wildman–Crippen LogP) is 20.6. The number of rotatable bonds is 62. The molecule has 0 saturated carbocycles. The molecule has 79 heavy (non-hydrogen) atoms. The molecule has 1 N–H and O–H groups in total. The van der Waals surface area contributed by atoms with Gasteiger partial charge in [0.05, 0.1) is 33.8 Å². The second-order valence-corrected chi connectivity index (χ2v) is 25.7. The van der Waals surface area contributed by atoms with Crippen LogP contribution >= 0.6 is 7.82 Å². The van der Waals surface area contributed by atoms with E-state index in [0.29, 0.717) is 17.4 Å². The van der Waals surface area contributed by atoms with Crippen LogP contribution in [-0.4, -0.2) is 69.4 Å². The van der Waals surface area contributed by atoms with E-state index < -0.39 is 20.0 Å². The Kier molecular flexibility index (Phi) is 57.6. The molecule has 0 spiro atoms. The Morgan fingerprint density at radius 3 is 1.22 bits per heavy atom. The van der Waals surface area contributed by atoms with Crippen molar-refractivity contribution in [1.82, 2.24) is 5.32 Å². The van der Waals surface area contributed by atoms with Crippen LogP contribution in [-0.2, 0) is 27.9 Å². The molecule has 0 fully saturated rings. The van der Waals surface area contributed by atoms with Gasteiger partial charge in [-0.25, -0.2) is 0 Å². The fourth-order valence-corrected chi connectivity index (χ4v) is 10.8. The quantitative estimate of drug-likeness (QED) is 0.0212. The Morgan fingerprint density at radius 2 is 0.810 bits per heavy atom. The van der Waals surface area contributed by atoms with Crippen molar-refractivity contribution in [2.24, 2.45) is 0 Å². The number of carbonyl (C=O) groups excluding carboxylic acids is 2. The lowest BCUT2D eigenvalue weighted by atomic mass is 10.0. The Morgan fingerprint density at radius 1 is 0.456 bits per heavy atom. The van der Waals surface area contributed by atoms with Gasteiger partial charge in [0.25, 0.3) is 7.82 Å². The van der Waals surface area contributed by atoms with Crippen molar-refractivity contribution in [3.8, 4) is 0 Å². The molecule has 1 amide bonds. The van der Waals surface area contributed by atoms with Gasteiger partial charge in [-0.1, -0.05) is 282 Å². The molecule has 0 aromatic rings. The minimum absolute atomic E-state index is 0.0229. The normalized spacial score (nSPS) is 13.9. The van der Waals surface area contributed by atoms with Crippen LogP contribution in [0.3, 0.4) is 0 Å². The van der Waals surface area contributed by atoms with Gasteiger partial charge in [0, 0.05) is 12.8 Å². The number of phosphoric ester groups is 1. The lowest BCUT2D eigenvalue weighted by Crippen LogP contribution is -2.47. The van der Waals surface area contributed by atoms with E-state index in [0.717, 1.165) is 83.5 Å². The number of phosphoric acid groups is 1. The summed E-state index contributed by atoms with van der Waals surface area (Å²) in [6.45, 7) is 6.76. The summed E-state index contributed by atoms with van der Waals surface area (Å²) < 4.78 is 30.4. The maximum Gasteiger partial charge on any atom is 0.306 e. The van der Waals surface area contributed by atoms with Crippen LogP contribution in [0.2, 0.25) is 0 Å². The molecule has 0 aliphatic heterocycles. The fourth-order valence-electron chi connectivity index (χ4n) is 10.0. The number of likely N-dealkylation sites (N-methyl/N-ethyl adjacent to an activating group) is 1. The second-order valence-electron chi connectivity index (χ2n) is 24.3. The monoisotopic (exact) mass is 1130 g/mol. The van der Waals surface area contributed by atoms with Crippen molar-refractivity contribution in [3.05, 3.63) is 48.6 Å². The SMILES string of the molecule is CC/C=C/C/C=C/CCCCCCCCCC(=O)NC(COP(=O)([O-])OCC[N+](C)(C)C)C(/C=C\CCCCCCCCCCCC)OC(=O)CCCCCCCCCCCCCCCCCCC/C=C/CCCCCCCC. The van der Waals surface area contributed by atoms with Crippen LogP contribution < -0.4 is 10.2 Å². The summed E-state index contributed by atoms with van der Waals surface area (Å²) in [6, 6.07) is -0.890. The highest BCUT2D eigenvalue weighted by Gasteiger charge is 2.27. The zero-order valence-corrected chi connectivity index (χ0v) is 54.0. The Balaban J connectivity index is 4.98. The molecule has 0 aromatic heterocycles. The van der Waals surface area contributed by atoms with Gasteiger partial charge in [0.1, 0.15) is 19.3 Å². The average molecular weight is 1130 g/mol. The average Bonchev–Trinajstić information content (AvgIpc) is 3.41. The van der Waals surface area contributed by atoms with E-state index in [4.69, 9.17) is 13.8 Å². The van der Waals surface area contributed by atoms with E-state index in [1.807, 2.05) is 33.3 Å². The number of quaternary nitrogens is 1. The standard InChI is InChI=1S/C69H131N2O7P/c1-7-10-13-16-19-22-25-28-30-31-32-33-34-35-36-37-38-39-40-41-42-44-47-50-53-56-59-62-69(73)78-67(60-57-54-51-48-45-27-24-21-18-15-12-9-3)66(65-77-79(74,75)76-64-63-71(4,5)6)70-68(72)61-58-55-52-49-46-43-29-26-23-20-17-14-11-8-2/h11,14,20,23,28,30,57,60,66-67H,7-10,12-13,15-19,21-22,24-27,29,31-56,58-59,61-65H2,1-6H3,(H-,70,72,74,75)/b14-11+,23-20+,30-28+,60-57-. The Bertz CT molecular complexity index is 1490. The number of carbonyl (C=O) groups is 2. The molecule has 3 unspecified atom stereocenters. The van der Waals surface area contributed by atoms with Crippen molar-refractivity contribution in [2.75, 3.05) is 40.9 Å². The number of nitrogens with zero attached hydrogens (tertiary/aromatic N) is 1. The van der Waals surface area contributed by atoms with Gasteiger partial charge in [0.2, 0.25) is 5.91 Å². The first kappa shape index (κ1) is 77.0. The van der Waals surface area contributed by atoms with E-state index in [1.54, 1.807) is 0 Å². The molecule has 9 nitrogen and oxygen atoms in total. The first-order chi connectivity index (χ1) is 38.4. The summed E-state index contributed by atoms with van der Waals surface area (Å²) in [7, 11) is 1.19. The van der Waals surface area contributed by atoms with E-state index >= 15 is 0 Å². The van der Waals surface area contributed by atoms with Crippen molar-refractivity contribution < 1.29 is 37.3 Å². The van der Waals surface area contributed by atoms with Crippen molar-refractivity contribution in [3.63, 3.8) is 0 Å². The topological polar surface area (TPSA) is 114 Å². The number of hydrogen-bond acceptors (Lipinski definition) is 7. The molecule has 0 saturated heterocycles. The number of nitrogens with one attached hydrogen (secondary N) is 1. The van der Waals surface area contributed by atoms with Crippen LogP contribution in [0.15, 0.2) is 48.6 Å². The molecular formula is C69H131N2O7P. The highest BCUT2D eigenvalue weighted by Crippen LogP contribution is 2.38. The number of amides is 1. The number of ether oxygens (including phenoxy) is 1. The van der Waals surface area contributed by atoms with E-state index in [9.17, 15) is 19.0 Å². The third-order valence-corrected chi connectivity index (χ3v) is 16.2. The Hall–Kier alpha value is -2.03. The van der Waals surface area contributed by atoms with Crippen LogP contribution in [0.25, 0.3) is 0 Å². The van der Waals surface area contributed by atoms with Crippen LogP contribution in [0.1, 0.15) is 329 Å². The molecule has 0 radical (unpaired) electrons. The van der Waals surface area contributed by atoms with Crippen molar-refractivity contribution >= 4 is 19.7 Å². The molecule has 0 aliphatic rings. The molecule has 0 heterocycles. The summed E-state index contributed by atoms with van der Waals surface area (Å²) >= 11 is 0. The lowest BCUT2D eigenvalue weighted by Gasteiger charge is -2.30. The van der Waals surface area contributed by atoms with Crippen LogP contribution in [0.4, 0.5) is 0 Å². The van der Waals surface area contributed by atoms with Crippen LogP contribution in [0, 0.1) is 0 Å². The third kappa shape index (κ3) is 60.4. The summed E-state index contributed by atoms with van der Waals surface area (Å²) in [5.41, 5.74) is 0. The summed E-state index contributed by atoms with van der Waals surface area (Å²) in [5.74, 6) is -0.538. The summed E-state index contributed by atoms with van der Waals surface area (Å²) in [6.07, 6.45) is 73.9. The van der Waals surface area contributed by atoms with Gasteiger partial charge in [0.15, 0.2) is 0 Å². The maximum atomic E-state index is 13.5. The first-order valence-electron chi connectivity index (χ1n) is 33.9. The number of esters is 1. The molecule has 0 bridgehead atoms. The van der Waals surface area contributed by atoms with Gasteiger partial charge in [-0.15, -0.1) is 0 Å². The summed E-state index contributed by atoms with van der Waals surface area (Å²) in [5, 5.41) is 3.03. The predicted molar refractivity (Wildman–Crippen MR) is 339 cm³/mol. The van der Waals surface area contributed by atoms with Crippen molar-refractivity contribution in [2.45, 2.75) is 341 Å². The molecule has 0 rings (SSSR count). The molecule has 3 atom stereocenters. The van der Waals surface area contributed by atoms with Crippen molar-refractivity contribution in [1.29, 1.82) is 0 Å². The summed E-state index contributed by atoms with van der Waals surface area (Å²) in [4.78, 5) is 40.0. The maximum absolute atomic E-state index is 13.5. The van der Waals surface area contributed by atoms with E-state index in [2.05, 4.69) is 62.5 Å². The number of allylic oxidation sites excluding steroid dienone is 7. The molecule has 10 heteroatoms. The van der Waals surface area contributed by atoms with Gasteiger partial charge in [-0.3, -0.25) is 14.2 Å². The second kappa shape index (κ2) is 59.1. The third-order valence-electron chi connectivity index (χ3n) is 15.2. The molecular weight excluding hydrogens is 1000 g/mol. The number of unbranched alkanes of at least 4 members (excludes halogenated alkanes) is 40. The molecule has 464 valence electrons. The van der Waals surface area contributed by atoms with Crippen LogP contribution in [0.5, 0.6) is 0 Å². The fraction of sp³-hybridized carbons (Fsp3) is 0.855. The zero-order chi connectivity index (χ0) is 57.9. The minimum Gasteiger partial charge on any atom is -0.756 e. The smallest absolute Gasteiger partial charge is 0.306 e. The van der Waals surface area contributed by atoms with Gasteiger partial charge < -0.3 is 28.5 Å². The highest BCUT2D eigenvalue weighted by molar-refractivity contribution is 7.45. The number of hydrogen-bond donors (Lipinski definition) is 1. The lowest BCUT2D eigenvalue weighted by molar-refractivity contribution is -0.870. The largest absolute Gasteiger partial charge is 0.756 e. The Labute approximate surface area is 490 Å².